The van der Waals surface area contributed by atoms with Crippen LogP contribution in [-0.2, 0) is 11.3 Å². The second kappa shape index (κ2) is 10.3. The molecule has 190 valence electrons. The van der Waals surface area contributed by atoms with E-state index >= 15 is 0 Å². The van der Waals surface area contributed by atoms with Gasteiger partial charge in [-0.05, 0) is 31.9 Å². The van der Waals surface area contributed by atoms with E-state index in [2.05, 4.69) is 34.4 Å². The number of hydrogen-bond acceptors (Lipinski definition) is 8. The van der Waals surface area contributed by atoms with Gasteiger partial charge in [-0.1, -0.05) is 19.9 Å². The van der Waals surface area contributed by atoms with Crippen LogP contribution >= 0.6 is 0 Å². The van der Waals surface area contributed by atoms with Crippen LogP contribution in [-0.4, -0.2) is 69.3 Å². The molecule has 0 bridgehead atoms. The predicted molar refractivity (Wildman–Crippen MR) is 128 cm³/mol. The summed E-state index contributed by atoms with van der Waals surface area (Å²) < 4.78 is 44.1. The SMILES string of the molecule is CC(C)c1nn(CCOCC(F)(F)F)c2c(Nc3ccccn3)nc(N3C[C@@H](C)N[C@H](C)C3)nc12. The van der Waals surface area contributed by atoms with Gasteiger partial charge in [0.2, 0.25) is 5.95 Å². The van der Waals surface area contributed by atoms with Crippen LogP contribution < -0.4 is 15.5 Å². The minimum absolute atomic E-state index is 0.0427. The first-order chi connectivity index (χ1) is 16.6. The smallest absolute Gasteiger partial charge is 0.370 e. The second-order valence-electron chi connectivity index (χ2n) is 9.21. The number of alkyl halides is 3. The largest absolute Gasteiger partial charge is 0.411 e. The third-order valence-electron chi connectivity index (χ3n) is 5.61. The third kappa shape index (κ3) is 6.17. The van der Waals surface area contributed by atoms with Gasteiger partial charge in [0.25, 0.3) is 0 Å². The number of halogens is 3. The molecule has 2 N–H and O–H groups in total. The van der Waals surface area contributed by atoms with E-state index < -0.39 is 12.8 Å². The van der Waals surface area contributed by atoms with E-state index in [0.717, 1.165) is 18.8 Å². The summed E-state index contributed by atoms with van der Waals surface area (Å²) in [6.45, 7) is 8.42. The van der Waals surface area contributed by atoms with Gasteiger partial charge in [0.05, 0.1) is 18.8 Å². The number of hydrogen-bond donors (Lipinski definition) is 2. The maximum atomic E-state index is 12.5. The van der Waals surface area contributed by atoms with Gasteiger partial charge >= 0.3 is 6.18 Å². The molecule has 9 nitrogen and oxygen atoms in total. The topological polar surface area (TPSA) is 93.0 Å². The molecule has 3 aromatic rings. The summed E-state index contributed by atoms with van der Waals surface area (Å²) in [6, 6.07) is 6.02. The lowest BCUT2D eigenvalue weighted by atomic mass is 10.1. The molecule has 4 heterocycles. The molecule has 0 aromatic carbocycles. The summed E-state index contributed by atoms with van der Waals surface area (Å²) in [6.07, 6.45) is -2.71. The van der Waals surface area contributed by atoms with Crippen molar-refractivity contribution < 1.29 is 17.9 Å². The van der Waals surface area contributed by atoms with Crippen molar-refractivity contribution in [1.82, 2.24) is 30.0 Å². The number of rotatable bonds is 8. The average Bonchev–Trinajstić information content (AvgIpc) is 3.15. The van der Waals surface area contributed by atoms with Crippen molar-refractivity contribution >= 4 is 28.6 Å². The molecule has 3 aromatic heterocycles. The standard InChI is InChI=1S/C23H31F3N8O/c1-14(2)18-19-20(34(32-18)9-10-35-13-23(24,25)26)21(29-17-7-5-6-8-27-17)31-22(30-19)33-11-15(3)28-16(4)12-33/h5-8,14-16,28H,9-13H2,1-4H3,(H,27,29,30,31)/t15-,16-/m1/s1. The van der Waals surface area contributed by atoms with Crippen molar-refractivity contribution in [3.8, 4) is 0 Å². The van der Waals surface area contributed by atoms with E-state index in [0.29, 0.717) is 28.6 Å². The lowest BCUT2D eigenvalue weighted by Crippen LogP contribution is -2.54. The fourth-order valence-corrected chi connectivity index (χ4v) is 4.26. The van der Waals surface area contributed by atoms with Crippen LogP contribution in [0.4, 0.5) is 30.8 Å². The minimum atomic E-state index is -4.38. The summed E-state index contributed by atoms with van der Waals surface area (Å²) >= 11 is 0. The Morgan fingerprint density at radius 1 is 1.17 bits per heavy atom. The van der Waals surface area contributed by atoms with E-state index in [1.165, 1.54) is 0 Å². The molecule has 0 saturated carbocycles. The summed E-state index contributed by atoms with van der Waals surface area (Å²) in [7, 11) is 0. The van der Waals surface area contributed by atoms with Gasteiger partial charge in [0.15, 0.2) is 5.82 Å². The second-order valence-corrected chi connectivity index (χ2v) is 9.21. The zero-order valence-electron chi connectivity index (χ0n) is 20.3. The van der Waals surface area contributed by atoms with Crippen LogP contribution in [0.15, 0.2) is 24.4 Å². The number of fused-ring (bicyclic) bond motifs is 1. The molecule has 0 aliphatic carbocycles. The van der Waals surface area contributed by atoms with Gasteiger partial charge in [-0.2, -0.15) is 23.3 Å². The molecule has 0 radical (unpaired) electrons. The lowest BCUT2D eigenvalue weighted by molar-refractivity contribution is -0.174. The van der Waals surface area contributed by atoms with Crippen LogP contribution in [0.1, 0.15) is 39.3 Å². The fraction of sp³-hybridized carbons (Fsp3) is 0.565. The van der Waals surface area contributed by atoms with Crippen molar-refractivity contribution in [3.05, 3.63) is 30.1 Å². The third-order valence-corrected chi connectivity index (χ3v) is 5.61. The van der Waals surface area contributed by atoms with Crippen LogP contribution in [0.2, 0.25) is 0 Å². The van der Waals surface area contributed by atoms with E-state index in [1.807, 2.05) is 32.0 Å². The molecule has 35 heavy (non-hydrogen) atoms. The number of nitrogens with one attached hydrogen (secondary N) is 2. The molecule has 0 spiro atoms. The van der Waals surface area contributed by atoms with E-state index in [4.69, 9.17) is 19.8 Å². The van der Waals surface area contributed by atoms with Crippen molar-refractivity contribution in [1.29, 1.82) is 0 Å². The van der Waals surface area contributed by atoms with Gasteiger partial charge in [-0.15, -0.1) is 0 Å². The molecular formula is C23H31F3N8O. The Morgan fingerprint density at radius 3 is 2.54 bits per heavy atom. The van der Waals surface area contributed by atoms with E-state index in [9.17, 15) is 13.2 Å². The highest BCUT2D eigenvalue weighted by molar-refractivity contribution is 5.90. The number of nitrogens with zero attached hydrogens (tertiary/aromatic N) is 6. The number of pyridine rings is 1. The molecular weight excluding hydrogens is 461 g/mol. The maximum Gasteiger partial charge on any atom is 0.411 e. The summed E-state index contributed by atoms with van der Waals surface area (Å²) in [5.74, 6) is 1.71. The number of aromatic nitrogens is 5. The first kappa shape index (κ1) is 25.1. The van der Waals surface area contributed by atoms with Gasteiger partial charge < -0.3 is 20.3 Å². The Morgan fingerprint density at radius 2 is 1.91 bits per heavy atom. The number of piperazine rings is 1. The quantitative estimate of drug-likeness (QED) is 0.458. The van der Waals surface area contributed by atoms with E-state index in [1.54, 1.807) is 10.9 Å². The van der Waals surface area contributed by atoms with Gasteiger partial charge in [0, 0.05) is 31.4 Å². The molecule has 0 amide bonds. The van der Waals surface area contributed by atoms with Crippen molar-refractivity contribution in [2.75, 3.05) is 36.5 Å². The Balaban J connectivity index is 1.77. The van der Waals surface area contributed by atoms with Crippen LogP contribution in [0.3, 0.4) is 0 Å². The normalized spacial score (nSPS) is 19.0. The minimum Gasteiger partial charge on any atom is -0.370 e. The first-order valence-corrected chi connectivity index (χ1v) is 11.7. The molecule has 1 saturated heterocycles. The number of ether oxygens (including phenoxy) is 1. The Hall–Kier alpha value is -2.99. The Labute approximate surface area is 202 Å². The van der Waals surface area contributed by atoms with Crippen molar-refractivity contribution in [3.63, 3.8) is 0 Å². The zero-order chi connectivity index (χ0) is 25.2. The highest BCUT2D eigenvalue weighted by Crippen LogP contribution is 2.31. The van der Waals surface area contributed by atoms with Gasteiger partial charge in [-0.25, -0.2) is 9.97 Å². The number of anilines is 3. The Kier molecular flexibility index (Phi) is 7.41. The monoisotopic (exact) mass is 492 g/mol. The molecule has 1 fully saturated rings. The fourth-order valence-electron chi connectivity index (χ4n) is 4.26. The van der Waals surface area contributed by atoms with Crippen LogP contribution in [0, 0.1) is 0 Å². The van der Waals surface area contributed by atoms with Crippen molar-refractivity contribution in [2.24, 2.45) is 0 Å². The first-order valence-electron chi connectivity index (χ1n) is 11.7. The average molecular weight is 493 g/mol. The molecule has 4 rings (SSSR count). The van der Waals surface area contributed by atoms with Crippen molar-refractivity contribution in [2.45, 2.75) is 58.4 Å². The van der Waals surface area contributed by atoms with Crippen LogP contribution in [0.25, 0.3) is 11.0 Å². The molecule has 1 aliphatic rings. The molecule has 0 unspecified atom stereocenters. The highest BCUT2D eigenvalue weighted by Gasteiger charge is 2.28. The maximum absolute atomic E-state index is 12.5. The highest BCUT2D eigenvalue weighted by atomic mass is 19.4. The Bertz CT molecular complexity index is 1130. The summed E-state index contributed by atoms with van der Waals surface area (Å²) in [5.41, 5.74) is 2.02. The van der Waals surface area contributed by atoms with E-state index in [-0.39, 0.29) is 31.2 Å². The predicted octanol–water partition coefficient (Wildman–Crippen LogP) is 3.85. The summed E-state index contributed by atoms with van der Waals surface area (Å²) in [4.78, 5) is 16.2. The molecule has 2 atom stereocenters. The van der Waals surface area contributed by atoms with Gasteiger partial charge in [-0.3, -0.25) is 4.68 Å². The van der Waals surface area contributed by atoms with Crippen LogP contribution in [0.5, 0.6) is 0 Å². The summed E-state index contributed by atoms with van der Waals surface area (Å²) in [5, 5.41) is 11.5. The van der Waals surface area contributed by atoms with Gasteiger partial charge in [0.1, 0.15) is 23.5 Å². The molecule has 1 aliphatic heterocycles. The zero-order valence-corrected chi connectivity index (χ0v) is 20.3. The lowest BCUT2D eigenvalue weighted by Gasteiger charge is -2.36. The molecule has 12 heteroatoms.